The van der Waals surface area contributed by atoms with E-state index in [1.165, 1.54) is 38.5 Å². The summed E-state index contributed by atoms with van der Waals surface area (Å²) in [5.41, 5.74) is 0. The van der Waals surface area contributed by atoms with Crippen molar-refractivity contribution in [3.05, 3.63) is 0 Å². The highest BCUT2D eigenvalue weighted by Gasteiger charge is 2.38. The molecule has 1 aliphatic carbocycles. The molecule has 3 aliphatic rings. The van der Waals surface area contributed by atoms with Gasteiger partial charge in [0.2, 0.25) is 0 Å². The molecule has 3 fully saturated rings. The van der Waals surface area contributed by atoms with E-state index < -0.39 is 0 Å². The third kappa shape index (κ3) is 4.58. The molecule has 3 rings (SSSR count). The molecule has 0 amide bonds. The molecule has 0 aromatic rings. The number of thiocarbonyl (C=S) groups is 1. The molecule has 4 nitrogen and oxygen atoms in total. The van der Waals surface area contributed by atoms with Crippen LogP contribution in [-0.4, -0.2) is 66.9 Å². The standard InChI is InChI=1S/C18H33N3OS/c1-15-7-10-21(17-6-3-2-5-16(15)17)18(23)19-8-4-9-20-11-13-22-14-12-20/h15-17H,2-14H2,1H3,(H,19,23). The van der Waals surface area contributed by atoms with E-state index in [0.717, 1.165) is 62.9 Å². The van der Waals surface area contributed by atoms with E-state index in [0.29, 0.717) is 6.04 Å². The third-order valence-electron chi connectivity index (χ3n) is 6.03. The Bertz CT molecular complexity index is 386. The maximum atomic E-state index is 5.73. The Morgan fingerprint density at radius 3 is 2.74 bits per heavy atom. The molecule has 132 valence electrons. The Hall–Kier alpha value is -0.390. The number of rotatable bonds is 4. The van der Waals surface area contributed by atoms with Gasteiger partial charge in [0, 0.05) is 32.2 Å². The first-order chi connectivity index (χ1) is 11.3. The molecule has 0 bridgehead atoms. The van der Waals surface area contributed by atoms with Crippen molar-refractivity contribution in [3.63, 3.8) is 0 Å². The van der Waals surface area contributed by atoms with Gasteiger partial charge in [0.15, 0.2) is 5.11 Å². The first-order valence-corrected chi connectivity index (χ1v) is 10.0. The van der Waals surface area contributed by atoms with E-state index in [1.807, 2.05) is 0 Å². The summed E-state index contributed by atoms with van der Waals surface area (Å²) in [6, 6.07) is 0.701. The Balaban J connectivity index is 1.40. The summed E-state index contributed by atoms with van der Waals surface area (Å²) in [5, 5.41) is 4.55. The summed E-state index contributed by atoms with van der Waals surface area (Å²) in [6.07, 6.45) is 8.00. The first kappa shape index (κ1) is 17.4. The molecule has 23 heavy (non-hydrogen) atoms. The van der Waals surface area contributed by atoms with Crippen LogP contribution in [0.2, 0.25) is 0 Å². The lowest BCUT2D eigenvalue weighted by Gasteiger charge is -2.48. The summed E-state index contributed by atoms with van der Waals surface area (Å²) in [7, 11) is 0. The van der Waals surface area contributed by atoms with Crippen molar-refractivity contribution in [1.29, 1.82) is 0 Å². The van der Waals surface area contributed by atoms with Crippen molar-refractivity contribution >= 4 is 17.3 Å². The van der Waals surface area contributed by atoms with E-state index in [2.05, 4.69) is 22.0 Å². The highest BCUT2D eigenvalue weighted by atomic mass is 32.1. The van der Waals surface area contributed by atoms with Crippen molar-refractivity contribution in [2.45, 2.75) is 51.5 Å². The summed E-state index contributed by atoms with van der Waals surface area (Å²) >= 11 is 5.73. The number of hydrogen-bond donors (Lipinski definition) is 1. The molecule has 0 aromatic heterocycles. The van der Waals surface area contributed by atoms with Crippen LogP contribution in [0.25, 0.3) is 0 Å². The predicted molar refractivity (Wildman–Crippen MR) is 98.7 cm³/mol. The van der Waals surface area contributed by atoms with Gasteiger partial charge in [0.1, 0.15) is 0 Å². The van der Waals surface area contributed by atoms with Gasteiger partial charge in [-0.05, 0) is 56.3 Å². The minimum Gasteiger partial charge on any atom is -0.379 e. The molecule has 2 saturated heterocycles. The Morgan fingerprint density at radius 2 is 1.91 bits per heavy atom. The zero-order valence-electron chi connectivity index (χ0n) is 14.6. The topological polar surface area (TPSA) is 27.7 Å². The number of ether oxygens (including phenoxy) is 1. The SMILES string of the molecule is CC1CCN(C(=S)NCCCN2CCOCC2)C2CCCCC12. The highest BCUT2D eigenvalue weighted by Crippen LogP contribution is 2.38. The van der Waals surface area contributed by atoms with E-state index in [1.54, 1.807) is 0 Å². The van der Waals surface area contributed by atoms with Crippen LogP contribution in [-0.2, 0) is 4.74 Å². The number of nitrogens with zero attached hydrogens (tertiary/aromatic N) is 2. The zero-order valence-corrected chi connectivity index (χ0v) is 15.5. The second-order valence-electron chi connectivity index (χ2n) is 7.51. The fraction of sp³-hybridized carbons (Fsp3) is 0.944. The minimum atomic E-state index is 0.701. The van der Waals surface area contributed by atoms with Crippen molar-refractivity contribution in [1.82, 2.24) is 15.1 Å². The lowest BCUT2D eigenvalue weighted by Crippen LogP contribution is -2.55. The molecule has 2 heterocycles. The summed E-state index contributed by atoms with van der Waals surface area (Å²) in [5.74, 6) is 1.74. The minimum absolute atomic E-state index is 0.701. The van der Waals surface area contributed by atoms with Crippen molar-refractivity contribution in [2.75, 3.05) is 45.9 Å². The molecule has 0 aromatic carbocycles. The molecular weight excluding hydrogens is 306 g/mol. The first-order valence-electron chi connectivity index (χ1n) is 9.60. The van der Waals surface area contributed by atoms with E-state index in [-0.39, 0.29) is 0 Å². The zero-order chi connectivity index (χ0) is 16.1. The van der Waals surface area contributed by atoms with Gasteiger partial charge < -0.3 is 15.0 Å². The van der Waals surface area contributed by atoms with Gasteiger partial charge in [0.25, 0.3) is 0 Å². The quantitative estimate of drug-likeness (QED) is 0.627. The van der Waals surface area contributed by atoms with E-state index >= 15 is 0 Å². The van der Waals surface area contributed by atoms with Gasteiger partial charge in [-0.1, -0.05) is 19.8 Å². The molecule has 0 radical (unpaired) electrons. The van der Waals surface area contributed by atoms with Crippen molar-refractivity contribution < 1.29 is 4.74 Å². The van der Waals surface area contributed by atoms with Crippen LogP contribution in [0.15, 0.2) is 0 Å². The van der Waals surface area contributed by atoms with Crippen molar-refractivity contribution in [2.24, 2.45) is 11.8 Å². The lowest BCUT2D eigenvalue weighted by atomic mass is 9.73. The number of nitrogens with one attached hydrogen (secondary N) is 1. The molecule has 1 N–H and O–H groups in total. The van der Waals surface area contributed by atoms with Crippen LogP contribution in [0.4, 0.5) is 0 Å². The van der Waals surface area contributed by atoms with Crippen LogP contribution in [0.5, 0.6) is 0 Å². The van der Waals surface area contributed by atoms with Gasteiger partial charge in [-0.25, -0.2) is 0 Å². The molecule has 2 aliphatic heterocycles. The van der Waals surface area contributed by atoms with Gasteiger partial charge in [-0.15, -0.1) is 0 Å². The van der Waals surface area contributed by atoms with Crippen LogP contribution < -0.4 is 5.32 Å². The summed E-state index contributed by atoms with van der Waals surface area (Å²) in [6.45, 7) is 9.69. The monoisotopic (exact) mass is 339 g/mol. The van der Waals surface area contributed by atoms with Gasteiger partial charge >= 0.3 is 0 Å². The van der Waals surface area contributed by atoms with E-state index in [4.69, 9.17) is 17.0 Å². The van der Waals surface area contributed by atoms with Crippen LogP contribution in [0, 0.1) is 11.8 Å². The average molecular weight is 340 g/mol. The number of likely N-dealkylation sites (tertiary alicyclic amines) is 1. The molecule has 3 unspecified atom stereocenters. The second kappa shape index (κ2) is 8.63. The number of fused-ring (bicyclic) bond motifs is 1. The second-order valence-corrected chi connectivity index (χ2v) is 7.90. The highest BCUT2D eigenvalue weighted by molar-refractivity contribution is 7.80. The lowest BCUT2D eigenvalue weighted by molar-refractivity contribution is 0.0375. The molecule has 0 spiro atoms. The fourth-order valence-corrected chi connectivity index (χ4v) is 4.92. The maximum absolute atomic E-state index is 5.73. The van der Waals surface area contributed by atoms with Crippen LogP contribution in [0.3, 0.4) is 0 Å². The smallest absolute Gasteiger partial charge is 0.169 e. The Morgan fingerprint density at radius 1 is 1.13 bits per heavy atom. The van der Waals surface area contributed by atoms with Crippen LogP contribution >= 0.6 is 12.2 Å². The average Bonchev–Trinajstić information content (AvgIpc) is 2.60. The number of hydrogen-bond acceptors (Lipinski definition) is 3. The number of piperidine rings is 1. The largest absolute Gasteiger partial charge is 0.379 e. The van der Waals surface area contributed by atoms with Crippen LogP contribution in [0.1, 0.15) is 45.4 Å². The predicted octanol–water partition coefficient (Wildman–Crippen LogP) is 2.48. The molecule has 3 atom stereocenters. The van der Waals surface area contributed by atoms with Gasteiger partial charge in [-0.3, -0.25) is 4.90 Å². The third-order valence-corrected chi connectivity index (χ3v) is 6.41. The Labute approximate surface area is 146 Å². The summed E-state index contributed by atoms with van der Waals surface area (Å²) < 4.78 is 5.40. The fourth-order valence-electron chi connectivity index (χ4n) is 4.59. The summed E-state index contributed by atoms with van der Waals surface area (Å²) in [4.78, 5) is 5.02. The van der Waals surface area contributed by atoms with Gasteiger partial charge in [-0.2, -0.15) is 0 Å². The molecule has 5 heteroatoms. The Kier molecular flexibility index (Phi) is 6.54. The molecule has 1 saturated carbocycles. The van der Waals surface area contributed by atoms with Gasteiger partial charge in [0.05, 0.1) is 13.2 Å². The van der Waals surface area contributed by atoms with E-state index in [9.17, 15) is 0 Å². The number of morpholine rings is 1. The normalized spacial score (nSPS) is 32.4. The van der Waals surface area contributed by atoms with Crippen molar-refractivity contribution in [3.8, 4) is 0 Å². The maximum Gasteiger partial charge on any atom is 0.169 e. The molecular formula is C18H33N3OS.